The monoisotopic (exact) mass is 397 g/mol. The molecule has 1 aromatic heterocycles. The number of benzene rings is 2. The van der Waals surface area contributed by atoms with Crippen LogP contribution >= 0.6 is 11.8 Å². The van der Waals surface area contributed by atoms with Crippen LogP contribution in [0, 0.1) is 6.92 Å². The maximum atomic E-state index is 12.1. The number of nitrogens with zero attached hydrogens (tertiary/aromatic N) is 2. The second kappa shape index (κ2) is 9.41. The summed E-state index contributed by atoms with van der Waals surface area (Å²) >= 11 is 1.19. The van der Waals surface area contributed by atoms with Crippen molar-refractivity contribution in [3.8, 4) is 5.75 Å². The molecule has 0 aliphatic rings. The largest absolute Gasteiger partial charge is 0.484 e. The van der Waals surface area contributed by atoms with Crippen LogP contribution in [0.4, 0.5) is 5.69 Å². The molecule has 3 aromatic rings. The van der Waals surface area contributed by atoms with Gasteiger partial charge in [0, 0.05) is 5.69 Å². The molecule has 0 atom stereocenters. The minimum atomic E-state index is -0.124. The zero-order valence-electron chi connectivity index (χ0n) is 16.1. The zero-order valence-corrected chi connectivity index (χ0v) is 17.0. The first-order valence-electron chi connectivity index (χ1n) is 9.04. The first kappa shape index (κ1) is 19.9. The zero-order chi connectivity index (χ0) is 19.9. The first-order chi connectivity index (χ1) is 13.5. The average molecular weight is 398 g/mol. The summed E-state index contributed by atoms with van der Waals surface area (Å²) in [7, 11) is 0. The fourth-order valence-corrected chi connectivity index (χ4v) is 3.06. The van der Waals surface area contributed by atoms with E-state index in [0.717, 1.165) is 17.0 Å². The number of aromatic nitrogens is 2. The van der Waals surface area contributed by atoms with Crippen LogP contribution in [0.3, 0.4) is 0 Å². The van der Waals surface area contributed by atoms with Gasteiger partial charge in [-0.3, -0.25) is 4.79 Å². The van der Waals surface area contributed by atoms with Crippen LogP contribution in [0.2, 0.25) is 0 Å². The summed E-state index contributed by atoms with van der Waals surface area (Å²) in [5.41, 5.74) is 3.07. The van der Waals surface area contributed by atoms with E-state index in [1.165, 1.54) is 17.3 Å². The predicted molar refractivity (Wildman–Crippen MR) is 110 cm³/mol. The molecule has 0 radical (unpaired) electrons. The Bertz CT molecular complexity index is 923. The van der Waals surface area contributed by atoms with Crippen molar-refractivity contribution in [2.75, 3.05) is 11.1 Å². The number of carbonyl (C=O) groups is 1. The van der Waals surface area contributed by atoms with Gasteiger partial charge in [-0.25, -0.2) is 0 Å². The van der Waals surface area contributed by atoms with Gasteiger partial charge in [0.25, 0.3) is 11.1 Å². The van der Waals surface area contributed by atoms with E-state index in [0.29, 0.717) is 17.0 Å². The average Bonchev–Trinajstić information content (AvgIpc) is 3.15. The molecule has 0 spiro atoms. The van der Waals surface area contributed by atoms with Crippen molar-refractivity contribution >= 4 is 23.4 Å². The van der Waals surface area contributed by atoms with Crippen LogP contribution in [0.1, 0.15) is 36.8 Å². The standard InChI is InChI=1S/C21H23N3O3S/c1-14(2)16-8-10-17(11-9-16)26-12-20-23-24-21(27-20)28-13-19(25)22-18-7-5-4-6-15(18)3/h4-11,14H,12-13H2,1-3H3,(H,22,25). The Morgan fingerprint density at radius 1 is 1.14 bits per heavy atom. The number of hydrogen-bond donors (Lipinski definition) is 1. The summed E-state index contributed by atoms with van der Waals surface area (Å²) in [4.78, 5) is 12.1. The van der Waals surface area contributed by atoms with E-state index in [2.05, 4.69) is 29.4 Å². The Morgan fingerprint density at radius 3 is 2.61 bits per heavy atom. The molecule has 1 amide bonds. The summed E-state index contributed by atoms with van der Waals surface area (Å²) in [6, 6.07) is 15.6. The number of para-hydroxylation sites is 1. The molecule has 1 heterocycles. The number of anilines is 1. The van der Waals surface area contributed by atoms with Gasteiger partial charge in [-0.15, -0.1) is 10.2 Å². The van der Waals surface area contributed by atoms with Crippen LogP contribution < -0.4 is 10.1 Å². The van der Waals surface area contributed by atoms with Crippen LogP contribution in [0.15, 0.2) is 58.2 Å². The lowest BCUT2D eigenvalue weighted by Crippen LogP contribution is -2.14. The predicted octanol–water partition coefficient (Wildman–Crippen LogP) is 4.81. The SMILES string of the molecule is Cc1ccccc1NC(=O)CSc1nnc(COc2ccc(C(C)C)cc2)o1. The maximum absolute atomic E-state index is 12.1. The Morgan fingerprint density at radius 2 is 1.89 bits per heavy atom. The van der Waals surface area contributed by atoms with E-state index in [1.807, 2.05) is 55.5 Å². The summed E-state index contributed by atoms with van der Waals surface area (Å²) in [6.45, 7) is 6.43. The highest BCUT2D eigenvalue weighted by molar-refractivity contribution is 7.99. The number of amides is 1. The van der Waals surface area contributed by atoms with E-state index in [-0.39, 0.29) is 18.3 Å². The Labute approximate surface area is 168 Å². The number of carbonyl (C=O) groups excluding carboxylic acids is 1. The number of hydrogen-bond acceptors (Lipinski definition) is 6. The molecule has 0 fully saturated rings. The molecule has 0 saturated carbocycles. The van der Waals surface area contributed by atoms with Crippen molar-refractivity contribution in [1.82, 2.24) is 10.2 Å². The second-order valence-corrected chi connectivity index (χ2v) is 7.55. The van der Waals surface area contributed by atoms with Gasteiger partial charge in [0.15, 0.2) is 6.61 Å². The van der Waals surface area contributed by atoms with Gasteiger partial charge in [0.2, 0.25) is 5.91 Å². The molecular weight excluding hydrogens is 374 g/mol. The van der Waals surface area contributed by atoms with Gasteiger partial charge < -0.3 is 14.5 Å². The minimum Gasteiger partial charge on any atom is -0.484 e. The third-order valence-electron chi connectivity index (χ3n) is 4.10. The molecule has 0 saturated heterocycles. The highest BCUT2D eigenvalue weighted by atomic mass is 32.2. The van der Waals surface area contributed by atoms with E-state index < -0.39 is 0 Å². The summed E-state index contributed by atoms with van der Waals surface area (Å²) in [6.07, 6.45) is 0. The molecule has 3 rings (SSSR count). The molecule has 7 heteroatoms. The van der Waals surface area contributed by atoms with Gasteiger partial charge >= 0.3 is 0 Å². The lowest BCUT2D eigenvalue weighted by Gasteiger charge is -2.07. The van der Waals surface area contributed by atoms with Gasteiger partial charge in [0.1, 0.15) is 5.75 Å². The summed E-state index contributed by atoms with van der Waals surface area (Å²) in [5, 5.41) is 11.1. The Kier molecular flexibility index (Phi) is 6.71. The van der Waals surface area contributed by atoms with Gasteiger partial charge in [-0.05, 0) is 42.2 Å². The summed E-state index contributed by atoms with van der Waals surface area (Å²) in [5.74, 6) is 1.66. The van der Waals surface area contributed by atoms with Crippen molar-refractivity contribution in [2.45, 2.75) is 38.5 Å². The number of rotatable bonds is 8. The van der Waals surface area contributed by atoms with Crippen molar-refractivity contribution in [1.29, 1.82) is 0 Å². The van der Waals surface area contributed by atoms with Crippen LogP contribution in [-0.2, 0) is 11.4 Å². The third kappa shape index (κ3) is 5.60. The quantitative estimate of drug-likeness (QED) is 0.550. The lowest BCUT2D eigenvalue weighted by atomic mass is 10.0. The lowest BCUT2D eigenvalue weighted by molar-refractivity contribution is -0.113. The molecule has 6 nitrogen and oxygen atoms in total. The van der Waals surface area contributed by atoms with Crippen LogP contribution in [0.5, 0.6) is 5.75 Å². The highest BCUT2D eigenvalue weighted by Crippen LogP contribution is 2.21. The van der Waals surface area contributed by atoms with E-state index in [1.54, 1.807) is 0 Å². The Balaban J connectivity index is 1.46. The number of nitrogens with one attached hydrogen (secondary N) is 1. The van der Waals surface area contributed by atoms with E-state index in [4.69, 9.17) is 9.15 Å². The molecular formula is C21H23N3O3S. The fourth-order valence-electron chi connectivity index (χ4n) is 2.48. The van der Waals surface area contributed by atoms with Crippen molar-refractivity contribution in [3.05, 3.63) is 65.5 Å². The van der Waals surface area contributed by atoms with Crippen molar-refractivity contribution < 1.29 is 13.9 Å². The summed E-state index contributed by atoms with van der Waals surface area (Å²) < 4.78 is 11.2. The van der Waals surface area contributed by atoms with Gasteiger partial charge in [-0.1, -0.05) is 55.9 Å². The second-order valence-electron chi connectivity index (χ2n) is 6.63. The maximum Gasteiger partial charge on any atom is 0.277 e. The van der Waals surface area contributed by atoms with E-state index >= 15 is 0 Å². The number of aryl methyl sites for hydroxylation is 1. The van der Waals surface area contributed by atoms with Crippen molar-refractivity contribution in [3.63, 3.8) is 0 Å². The molecule has 28 heavy (non-hydrogen) atoms. The van der Waals surface area contributed by atoms with E-state index in [9.17, 15) is 4.79 Å². The van der Waals surface area contributed by atoms with Gasteiger partial charge in [-0.2, -0.15) is 0 Å². The topological polar surface area (TPSA) is 77.2 Å². The fraction of sp³-hybridized carbons (Fsp3) is 0.286. The Hall–Kier alpha value is -2.80. The van der Waals surface area contributed by atoms with Crippen LogP contribution in [-0.4, -0.2) is 21.9 Å². The molecule has 0 aliphatic carbocycles. The minimum absolute atomic E-state index is 0.124. The number of ether oxygens (including phenoxy) is 1. The molecule has 2 aromatic carbocycles. The molecule has 0 aliphatic heterocycles. The van der Waals surface area contributed by atoms with Gasteiger partial charge in [0.05, 0.1) is 5.75 Å². The third-order valence-corrected chi connectivity index (χ3v) is 4.92. The highest BCUT2D eigenvalue weighted by Gasteiger charge is 2.11. The molecule has 0 unspecified atom stereocenters. The smallest absolute Gasteiger partial charge is 0.277 e. The molecule has 1 N–H and O–H groups in total. The van der Waals surface area contributed by atoms with Crippen LogP contribution in [0.25, 0.3) is 0 Å². The molecule has 146 valence electrons. The number of thioether (sulfide) groups is 1. The normalized spacial score (nSPS) is 10.9. The molecule has 0 bridgehead atoms. The van der Waals surface area contributed by atoms with Crippen molar-refractivity contribution in [2.24, 2.45) is 0 Å². The first-order valence-corrected chi connectivity index (χ1v) is 10.0.